The molecule has 1 aliphatic carbocycles. The topological polar surface area (TPSA) is 49.4 Å². The van der Waals surface area contributed by atoms with E-state index in [0.29, 0.717) is 6.42 Å². The molecule has 1 unspecified atom stereocenters. The van der Waals surface area contributed by atoms with E-state index in [1.807, 2.05) is 25.6 Å². The van der Waals surface area contributed by atoms with E-state index >= 15 is 0 Å². The van der Waals surface area contributed by atoms with Crippen molar-refractivity contribution in [3.63, 3.8) is 0 Å². The molecule has 20 heavy (non-hydrogen) atoms. The Hall–Kier alpha value is -0.550. The number of likely N-dealkylation sites (tertiary alicyclic amines) is 1. The van der Waals surface area contributed by atoms with E-state index < -0.39 is 0 Å². The predicted octanol–water partition coefficient (Wildman–Crippen LogP) is 2.18. The minimum absolute atomic E-state index is 0.0361. The molecule has 1 saturated carbocycles. The maximum atomic E-state index is 12.3. The van der Waals surface area contributed by atoms with Gasteiger partial charge in [-0.1, -0.05) is 19.3 Å². The van der Waals surface area contributed by atoms with Gasteiger partial charge in [0.2, 0.25) is 11.8 Å². The number of carbonyl (C=O) groups excluding carboxylic acids is 2. The van der Waals surface area contributed by atoms with Crippen molar-refractivity contribution >= 4 is 23.6 Å². The maximum Gasteiger partial charge on any atom is 0.247 e. The lowest BCUT2D eigenvalue weighted by atomic mass is 9.88. The van der Waals surface area contributed by atoms with Crippen LogP contribution in [0.5, 0.6) is 0 Å². The van der Waals surface area contributed by atoms with Crippen LogP contribution >= 0.6 is 11.8 Å². The minimum atomic E-state index is -0.309. The summed E-state index contributed by atoms with van der Waals surface area (Å²) in [7, 11) is 0. The van der Waals surface area contributed by atoms with Crippen LogP contribution in [0.15, 0.2) is 0 Å². The SMILES string of the molecule is CSC1(CNC2CC(=O)N(C(C)C)C2=O)CCCCC1. The monoisotopic (exact) mass is 298 g/mol. The van der Waals surface area contributed by atoms with Crippen molar-refractivity contribution in [3.05, 3.63) is 0 Å². The van der Waals surface area contributed by atoms with Gasteiger partial charge in [0.1, 0.15) is 0 Å². The van der Waals surface area contributed by atoms with Crippen LogP contribution in [0.25, 0.3) is 0 Å². The van der Waals surface area contributed by atoms with Crippen LogP contribution in [0.1, 0.15) is 52.4 Å². The van der Waals surface area contributed by atoms with Crippen molar-refractivity contribution < 1.29 is 9.59 Å². The number of hydrogen-bond donors (Lipinski definition) is 1. The molecule has 1 saturated heterocycles. The molecule has 1 heterocycles. The summed E-state index contributed by atoms with van der Waals surface area (Å²) in [5.74, 6) is -0.0820. The van der Waals surface area contributed by atoms with E-state index in [4.69, 9.17) is 0 Å². The summed E-state index contributed by atoms with van der Waals surface area (Å²) in [5, 5.41) is 3.38. The van der Waals surface area contributed by atoms with Gasteiger partial charge in [0.15, 0.2) is 0 Å². The molecule has 0 aromatic heterocycles. The molecule has 1 atom stereocenters. The zero-order chi connectivity index (χ0) is 14.8. The Morgan fingerprint density at radius 2 is 1.95 bits per heavy atom. The Bertz CT molecular complexity index is 378. The Morgan fingerprint density at radius 1 is 1.30 bits per heavy atom. The molecule has 0 aromatic rings. The van der Waals surface area contributed by atoms with Crippen LogP contribution < -0.4 is 5.32 Å². The van der Waals surface area contributed by atoms with Gasteiger partial charge in [-0.15, -0.1) is 0 Å². The summed E-state index contributed by atoms with van der Waals surface area (Å²) in [6.45, 7) is 4.62. The fourth-order valence-corrected chi connectivity index (χ4v) is 4.24. The molecule has 0 spiro atoms. The van der Waals surface area contributed by atoms with Crippen LogP contribution in [0.2, 0.25) is 0 Å². The van der Waals surface area contributed by atoms with Gasteiger partial charge in [-0.3, -0.25) is 14.5 Å². The highest BCUT2D eigenvalue weighted by Crippen LogP contribution is 2.38. The molecule has 2 amide bonds. The standard InChI is InChI=1S/C15H26N2O2S/c1-11(2)17-13(18)9-12(14(17)19)16-10-15(20-3)7-5-4-6-8-15/h11-12,16H,4-10H2,1-3H3. The Morgan fingerprint density at radius 3 is 2.45 bits per heavy atom. The molecular formula is C15H26N2O2S. The first-order valence-corrected chi connectivity index (χ1v) is 8.86. The zero-order valence-electron chi connectivity index (χ0n) is 12.8. The number of amides is 2. The lowest BCUT2D eigenvalue weighted by Crippen LogP contribution is -2.47. The first-order chi connectivity index (χ1) is 9.49. The Balaban J connectivity index is 1.94. The second-order valence-corrected chi connectivity index (χ2v) is 7.56. The smallest absolute Gasteiger partial charge is 0.247 e. The van der Waals surface area contributed by atoms with Gasteiger partial charge in [0.05, 0.1) is 12.5 Å². The number of thioether (sulfide) groups is 1. The summed E-state index contributed by atoms with van der Waals surface area (Å²) in [4.78, 5) is 25.6. The van der Waals surface area contributed by atoms with Crippen molar-refractivity contribution in [2.45, 2.75) is 69.2 Å². The van der Waals surface area contributed by atoms with Gasteiger partial charge >= 0.3 is 0 Å². The zero-order valence-corrected chi connectivity index (χ0v) is 13.6. The molecule has 0 bridgehead atoms. The highest BCUT2D eigenvalue weighted by Gasteiger charge is 2.41. The van der Waals surface area contributed by atoms with E-state index in [0.717, 1.165) is 6.54 Å². The summed E-state index contributed by atoms with van der Waals surface area (Å²) >= 11 is 1.91. The van der Waals surface area contributed by atoms with E-state index in [-0.39, 0.29) is 28.6 Å². The molecule has 0 aromatic carbocycles. The maximum absolute atomic E-state index is 12.3. The lowest BCUT2D eigenvalue weighted by molar-refractivity contribution is -0.140. The number of rotatable bonds is 5. The Kier molecular flexibility index (Phi) is 5.13. The van der Waals surface area contributed by atoms with Gasteiger partial charge < -0.3 is 5.32 Å². The van der Waals surface area contributed by atoms with Gasteiger partial charge in [-0.2, -0.15) is 11.8 Å². The second-order valence-electron chi connectivity index (χ2n) is 6.28. The Labute approximate surface area is 126 Å². The molecule has 2 rings (SSSR count). The average Bonchev–Trinajstić information content (AvgIpc) is 2.72. The summed E-state index contributed by atoms with van der Waals surface area (Å²) < 4.78 is 0.257. The molecule has 2 fully saturated rings. The number of carbonyl (C=O) groups is 2. The van der Waals surface area contributed by atoms with Crippen LogP contribution in [-0.2, 0) is 9.59 Å². The highest BCUT2D eigenvalue weighted by molar-refractivity contribution is 8.00. The third-order valence-electron chi connectivity index (χ3n) is 4.57. The first kappa shape index (κ1) is 15.8. The first-order valence-electron chi connectivity index (χ1n) is 7.63. The van der Waals surface area contributed by atoms with Gasteiger partial charge in [-0.25, -0.2) is 0 Å². The van der Waals surface area contributed by atoms with E-state index in [2.05, 4.69) is 11.6 Å². The van der Waals surface area contributed by atoms with Crippen molar-refractivity contribution in [3.8, 4) is 0 Å². The highest BCUT2D eigenvalue weighted by atomic mass is 32.2. The van der Waals surface area contributed by atoms with Crippen molar-refractivity contribution in [1.82, 2.24) is 10.2 Å². The van der Waals surface area contributed by atoms with Gasteiger partial charge in [-0.05, 0) is 32.9 Å². The number of imide groups is 1. The number of hydrogen-bond acceptors (Lipinski definition) is 4. The van der Waals surface area contributed by atoms with Crippen molar-refractivity contribution in [2.24, 2.45) is 0 Å². The molecule has 4 nitrogen and oxygen atoms in total. The normalized spacial score (nSPS) is 26.6. The second kappa shape index (κ2) is 6.48. The molecule has 5 heteroatoms. The van der Waals surface area contributed by atoms with E-state index in [1.54, 1.807) is 0 Å². The largest absolute Gasteiger partial charge is 0.304 e. The number of nitrogens with zero attached hydrogens (tertiary/aromatic N) is 1. The van der Waals surface area contributed by atoms with Gasteiger partial charge in [0.25, 0.3) is 0 Å². The molecule has 1 aliphatic heterocycles. The van der Waals surface area contributed by atoms with Crippen LogP contribution in [0.3, 0.4) is 0 Å². The quantitative estimate of drug-likeness (QED) is 0.790. The minimum Gasteiger partial charge on any atom is -0.304 e. The van der Waals surface area contributed by atoms with Crippen molar-refractivity contribution in [1.29, 1.82) is 0 Å². The van der Waals surface area contributed by atoms with Crippen LogP contribution in [0.4, 0.5) is 0 Å². The van der Waals surface area contributed by atoms with Gasteiger partial charge in [0, 0.05) is 17.3 Å². The van der Waals surface area contributed by atoms with E-state index in [1.165, 1.54) is 37.0 Å². The average molecular weight is 298 g/mol. The summed E-state index contributed by atoms with van der Waals surface area (Å²) in [6, 6.07) is -0.346. The molecule has 2 aliphatic rings. The van der Waals surface area contributed by atoms with Crippen LogP contribution in [0, 0.1) is 0 Å². The molecule has 0 radical (unpaired) electrons. The van der Waals surface area contributed by atoms with E-state index in [9.17, 15) is 9.59 Å². The third-order valence-corrected chi connectivity index (χ3v) is 5.99. The van der Waals surface area contributed by atoms with Crippen LogP contribution in [-0.4, -0.2) is 46.3 Å². The third kappa shape index (κ3) is 3.19. The fourth-order valence-electron chi connectivity index (χ4n) is 3.31. The lowest BCUT2D eigenvalue weighted by Gasteiger charge is -2.36. The summed E-state index contributed by atoms with van der Waals surface area (Å²) in [5.41, 5.74) is 0. The predicted molar refractivity (Wildman–Crippen MR) is 82.7 cm³/mol. The summed E-state index contributed by atoms with van der Waals surface area (Å²) in [6.07, 6.45) is 8.78. The molecule has 114 valence electrons. The van der Waals surface area contributed by atoms with Crippen molar-refractivity contribution in [2.75, 3.05) is 12.8 Å². The molecule has 1 N–H and O–H groups in total. The fraction of sp³-hybridized carbons (Fsp3) is 0.867. The molecular weight excluding hydrogens is 272 g/mol. The number of nitrogens with one attached hydrogen (secondary N) is 1.